The Balaban J connectivity index is 1.23. The number of H-pyrrole nitrogens is 1. The van der Waals surface area contributed by atoms with Crippen molar-refractivity contribution in [3.05, 3.63) is 118 Å². The first-order valence-electron chi connectivity index (χ1n) is 11.8. The highest BCUT2D eigenvalue weighted by Gasteiger charge is 2.09. The van der Waals surface area contributed by atoms with Crippen molar-refractivity contribution in [2.24, 2.45) is 0 Å². The van der Waals surface area contributed by atoms with Crippen molar-refractivity contribution in [3.63, 3.8) is 0 Å². The Morgan fingerprint density at radius 1 is 0.861 bits per heavy atom. The number of hydrogen-bond acceptors (Lipinski definition) is 4. The van der Waals surface area contributed by atoms with Crippen molar-refractivity contribution in [2.75, 3.05) is 0 Å². The van der Waals surface area contributed by atoms with E-state index in [0.29, 0.717) is 5.02 Å². The maximum absolute atomic E-state index is 6.14. The molecule has 0 bridgehead atoms. The molecule has 176 valence electrons. The van der Waals surface area contributed by atoms with Crippen LogP contribution in [0.2, 0.25) is 5.02 Å². The van der Waals surface area contributed by atoms with Gasteiger partial charge in [0, 0.05) is 29.6 Å². The molecule has 0 aliphatic heterocycles. The van der Waals surface area contributed by atoms with Crippen LogP contribution in [0.25, 0.3) is 34.0 Å². The molecule has 3 aromatic carbocycles. The largest absolute Gasteiger partial charge is 0.343 e. The molecule has 0 saturated heterocycles. The first kappa shape index (κ1) is 22.2. The first-order valence-corrected chi connectivity index (χ1v) is 12.2. The molecule has 36 heavy (non-hydrogen) atoms. The van der Waals surface area contributed by atoms with Crippen molar-refractivity contribution in [2.45, 2.75) is 19.4 Å². The lowest BCUT2D eigenvalue weighted by molar-refractivity contribution is 0.818. The normalized spacial score (nSPS) is 11.7. The predicted molar refractivity (Wildman–Crippen MR) is 145 cm³/mol. The van der Waals surface area contributed by atoms with E-state index in [2.05, 4.69) is 92.1 Å². The topological polar surface area (TPSA) is 72.3 Å². The lowest BCUT2D eigenvalue weighted by Crippen LogP contribution is -2.02. The van der Waals surface area contributed by atoms with Gasteiger partial charge in [-0.15, -0.1) is 5.10 Å². The molecular weight excluding hydrogens is 468 g/mol. The van der Waals surface area contributed by atoms with E-state index in [-0.39, 0.29) is 0 Å². The van der Waals surface area contributed by atoms with Gasteiger partial charge in [0.15, 0.2) is 0 Å². The fourth-order valence-corrected chi connectivity index (χ4v) is 4.75. The van der Waals surface area contributed by atoms with Crippen molar-refractivity contribution in [1.29, 1.82) is 0 Å². The van der Waals surface area contributed by atoms with Crippen LogP contribution in [-0.2, 0) is 19.4 Å². The van der Waals surface area contributed by atoms with Crippen LogP contribution in [0.15, 0.2) is 85.1 Å². The molecular formula is C29H23ClN6. The molecule has 6 rings (SSSR count). The molecule has 3 heterocycles. The second-order valence-corrected chi connectivity index (χ2v) is 9.23. The number of halogens is 1. The third kappa shape index (κ3) is 4.76. The summed E-state index contributed by atoms with van der Waals surface area (Å²) in [5.74, 6) is 0.800. The van der Waals surface area contributed by atoms with Gasteiger partial charge in [0.25, 0.3) is 0 Å². The van der Waals surface area contributed by atoms with Gasteiger partial charge in [-0.2, -0.15) is 0 Å². The molecule has 7 heteroatoms. The van der Waals surface area contributed by atoms with Gasteiger partial charge < -0.3 is 4.57 Å². The zero-order valence-electron chi connectivity index (χ0n) is 19.5. The molecule has 0 saturated carbocycles. The van der Waals surface area contributed by atoms with E-state index in [9.17, 15) is 0 Å². The monoisotopic (exact) mass is 490 g/mol. The maximum Gasteiger partial charge on any atom is 0.148 e. The maximum atomic E-state index is 6.14. The van der Waals surface area contributed by atoms with Gasteiger partial charge >= 0.3 is 0 Å². The standard InChI is InChI=1S/C29H23ClN6/c30-25-11-8-22-9-13-26(31-27(22)18-25)12-7-20-3-1-4-21(17-20)19-36-16-15-24-6-2-5-23(29(24)36)10-14-28-32-34-35-33-28/h1-9,11-13,15-18H,10,14,19H2,(H,32,33,34,35)/b12-7+. The number of fused-ring (bicyclic) bond motifs is 2. The number of nitrogens with one attached hydrogen (secondary N) is 1. The molecule has 0 spiro atoms. The third-order valence-electron chi connectivity index (χ3n) is 6.32. The number of para-hydroxylation sites is 1. The Bertz CT molecular complexity index is 1680. The van der Waals surface area contributed by atoms with E-state index in [1.807, 2.05) is 30.3 Å². The number of aromatic amines is 1. The van der Waals surface area contributed by atoms with Crippen molar-refractivity contribution >= 4 is 45.6 Å². The molecule has 0 atom stereocenters. The summed E-state index contributed by atoms with van der Waals surface area (Å²) in [5, 5.41) is 17.2. The second-order valence-electron chi connectivity index (χ2n) is 8.80. The smallest absolute Gasteiger partial charge is 0.148 e. The van der Waals surface area contributed by atoms with Crippen LogP contribution in [0.3, 0.4) is 0 Å². The molecule has 0 unspecified atom stereocenters. The van der Waals surface area contributed by atoms with Gasteiger partial charge in [0.1, 0.15) is 5.82 Å². The molecule has 0 aliphatic rings. The minimum Gasteiger partial charge on any atom is -0.343 e. The predicted octanol–water partition coefficient (Wildman–Crippen LogP) is 6.36. The number of aryl methyl sites for hydroxylation is 2. The van der Waals surface area contributed by atoms with E-state index in [4.69, 9.17) is 16.6 Å². The summed E-state index contributed by atoms with van der Waals surface area (Å²) in [6.45, 7) is 0.790. The first-order chi connectivity index (χ1) is 17.7. The molecule has 6 aromatic rings. The highest BCUT2D eigenvalue weighted by Crippen LogP contribution is 2.24. The number of rotatable bonds is 7. The summed E-state index contributed by atoms with van der Waals surface area (Å²) >= 11 is 6.14. The molecule has 0 radical (unpaired) electrons. The molecule has 6 nitrogen and oxygen atoms in total. The molecule has 3 aromatic heterocycles. The van der Waals surface area contributed by atoms with E-state index >= 15 is 0 Å². The van der Waals surface area contributed by atoms with Gasteiger partial charge in [-0.3, -0.25) is 0 Å². The Kier molecular flexibility index (Phi) is 6.01. The van der Waals surface area contributed by atoms with E-state index < -0.39 is 0 Å². The van der Waals surface area contributed by atoms with Crippen LogP contribution in [0.4, 0.5) is 0 Å². The van der Waals surface area contributed by atoms with Gasteiger partial charge in [0.2, 0.25) is 0 Å². The summed E-state index contributed by atoms with van der Waals surface area (Å²) in [4.78, 5) is 4.72. The SMILES string of the molecule is Clc1ccc2ccc(/C=C/c3cccc(Cn4ccc5cccc(CCc6nnn[nH]6)c54)c3)nc2c1. The Labute approximate surface area is 213 Å². The molecule has 0 amide bonds. The van der Waals surface area contributed by atoms with E-state index in [1.54, 1.807) is 0 Å². The third-order valence-corrected chi connectivity index (χ3v) is 6.55. The van der Waals surface area contributed by atoms with Crippen LogP contribution in [0.5, 0.6) is 0 Å². The fourth-order valence-electron chi connectivity index (χ4n) is 4.58. The summed E-state index contributed by atoms with van der Waals surface area (Å²) in [5.41, 5.74) is 6.71. The van der Waals surface area contributed by atoms with Crippen molar-refractivity contribution in [3.8, 4) is 0 Å². The van der Waals surface area contributed by atoms with Crippen LogP contribution in [0, 0.1) is 0 Å². The van der Waals surface area contributed by atoms with Gasteiger partial charge in [0.05, 0.1) is 16.7 Å². The quantitative estimate of drug-likeness (QED) is 0.282. The van der Waals surface area contributed by atoms with Crippen LogP contribution >= 0.6 is 11.6 Å². The Morgan fingerprint density at radius 3 is 2.69 bits per heavy atom. The Hall–Kier alpha value is -4.29. The summed E-state index contributed by atoms with van der Waals surface area (Å²) in [7, 11) is 0. The Morgan fingerprint density at radius 2 is 1.78 bits per heavy atom. The zero-order valence-corrected chi connectivity index (χ0v) is 20.2. The zero-order chi connectivity index (χ0) is 24.3. The number of nitrogens with zero attached hydrogens (tertiary/aromatic N) is 5. The van der Waals surface area contributed by atoms with Crippen LogP contribution in [0.1, 0.15) is 28.2 Å². The molecule has 0 aliphatic carbocycles. The second kappa shape index (κ2) is 9.76. The van der Waals surface area contributed by atoms with Crippen LogP contribution < -0.4 is 0 Å². The summed E-state index contributed by atoms with van der Waals surface area (Å²) < 4.78 is 2.32. The molecule has 1 N–H and O–H groups in total. The highest BCUT2D eigenvalue weighted by atomic mass is 35.5. The van der Waals surface area contributed by atoms with Gasteiger partial charge in [-0.25, -0.2) is 10.1 Å². The number of benzene rings is 3. The highest BCUT2D eigenvalue weighted by molar-refractivity contribution is 6.31. The van der Waals surface area contributed by atoms with Crippen molar-refractivity contribution in [1.82, 2.24) is 30.2 Å². The number of aromatic nitrogens is 6. The lowest BCUT2D eigenvalue weighted by atomic mass is 10.1. The minimum atomic E-state index is 0.694. The van der Waals surface area contributed by atoms with Gasteiger partial charge in [-0.1, -0.05) is 66.2 Å². The number of pyridine rings is 1. The number of tetrazole rings is 1. The fraction of sp³-hybridized carbons (Fsp3) is 0.103. The van der Waals surface area contributed by atoms with Crippen molar-refractivity contribution < 1.29 is 0 Å². The van der Waals surface area contributed by atoms with Crippen LogP contribution in [-0.4, -0.2) is 30.2 Å². The van der Waals surface area contributed by atoms with E-state index in [0.717, 1.165) is 47.4 Å². The van der Waals surface area contributed by atoms with E-state index in [1.165, 1.54) is 22.0 Å². The minimum absolute atomic E-state index is 0.694. The average Bonchev–Trinajstić information content (AvgIpc) is 3.57. The van der Waals surface area contributed by atoms with Gasteiger partial charge in [-0.05, 0) is 75.3 Å². The summed E-state index contributed by atoms with van der Waals surface area (Å²) in [6, 6.07) is 27.1. The molecule has 0 fully saturated rings. The summed E-state index contributed by atoms with van der Waals surface area (Å²) in [6.07, 6.45) is 7.95. The average molecular weight is 491 g/mol. The number of hydrogen-bond donors (Lipinski definition) is 1. The lowest BCUT2D eigenvalue weighted by Gasteiger charge is -2.10.